The van der Waals surface area contributed by atoms with E-state index in [0.29, 0.717) is 0 Å². The Kier molecular flexibility index (Phi) is 5.61. The molecule has 0 aliphatic heterocycles. The third kappa shape index (κ3) is 4.37. The maximum atomic E-state index is 6.16. The summed E-state index contributed by atoms with van der Waals surface area (Å²) in [6, 6.07) is 10.5. The lowest BCUT2D eigenvalue weighted by atomic mass is 10.2. The monoisotopic (exact) mass is 365 g/mol. The quantitative estimate of drug-likeness (QED) is 0.460. The zero-order valence-corrected chi connectivity index (χ0v) is 15.4. The normalized spacial score (nSPS) is 11.2. The first-order valence-electron chi connectivity index (χ1n) is 6.92. The van der Waals surface area contributed by atoms with Gasteiger partial charge in [-0.2, -0.15) is 22.7 Å². The molecule has 0 aliphatic rings. The summed E-state index contributed by atoms with van der Waals surface area (Å²) in [4.78, 5) is 1.22. The molecule has 0 saturated heterocycles. The van der Waals surface area contributed by atoms with Crippen LogP contribution in [0.3, 0.4) is 0 Å². The molecule has 0 atom stereocenters. The molecule has 0 bridgehead atoms. The third-order valence-corrected chi connectivity index (χ3v) is 6.11. The van der Waals surface area contributed by atoms with Gasteiger partial charge in [-0.1, -0.05) is 17.7 Å². The first kappa shape index (κ1) is 16.1. The Morgan fingerprint density at radius 2 is 1.64 bits per heavy atom. The van der Waals surface area contributed by atoms with Gasteiger partial charge in [-0.15, -0.1) is 0 Å². The van der Waals surface area contributed by atoms with Crippen molar-refractivity contribution in [3.05, 3.63) is 73.6 Å². The Bertz CT molecular complexity index is 671. The second-order valence-electron chi connectivity index (χ2n) is 5.06. The van der Waals surface area contributed by atoms with E-state index in [4.69, 9.17) is 11.6 Å². The average molecular weight is 366 g/mol. The molecular formula is C17H16ClNS3. The summed E-state index contributed by atoms with van der Waals surface area (Å²) in [5, 5.41) is 9.48. The van der Waals surface area contributed by atoms with E-state index in [9.17, 15) is 0 Å². The van der Waals surface area contributed by atoms with Crippen molar-refractivity contribution in [3.63, 3.8) is 0 Å². The van der Waals surface area contributed by atoms with E-state index in [-0.39, 0.29) is 0 Å². The van der Waals surface area contributed by atoms with Crippen molar-refractivity contribution in [1.29, 1.82) is 0 Å². The lowest BCUT2D eigenvalue weighted by molar-refractivity contribution is 0.463. The molecule has 2 heterocycles. The number of thiophene rings is 2. The van der Waals surface area contributed by atoms with Gasteiger partial charge >= 0.3 is 0 Å². The van der Waals surface area contributed by atoms with Crippen LogP contribution in [0.25, 0.3) is 0 Å². The fraction of sp³-hybridized carbons (Fsp3) is 0.176. The van der Waals surface area contributed by atoms with Crippen molar-refractivity contribution < 1.29 is 0 Å². The summed E-state index contributed by atoms with van der Waals surface area (Å²) in [7, 11) is 0. The van der Waals surface area contributed by atoms with Crippen LogP contribution in [-0.2, 0) is 13.1 Å². The van der Waals surface area contributed by atoms with E-state index in [1.807, 2.05) is 6.07 Å². The summed E-state index contributed by atoms with van der Waals surface area (Å²) in [6.07, 6.45) is 0. The molecule has 0 spiro atoms. The maximum Gasteiger partial charge on any atom is 0.0417 e. The molecule has 0 N–H and O–H groups in total. The first-order chi connectivity index (χ1) is 10.7. The van der Waals surface area contributed by atoms with Crippen LogP contribution in [0.4, 0.5) is 0 Å². The second kappa shape index (κ2) is 7.66. The zero-order valence-electron chi connectivity index (χ0n) is 12.2. The van der Waals surface area contributed by atoms with Crippen LogP contribution in [0.15, 0.2) is 56.7 Å². The lowest BCUT2D eigenvalue weighted by Crippen LogP contribution is -2.14. The fourth-order valence-corrected chi connectivity index (χ4v) is 4.76. The highest BCUT2D eigenvalue weighted by atomic mass is 35.5. The van der Waals surface area contributed by atoms with Crippen LogP contribution in [-0.4, -0.2) is 4.31 Å². The number of halogens is 1. The van der Waals surface area contributed by atoms with Crippen molar-refractivity contribution in [2.24, 2.45) is 0 Å². The van der Waals surface area contributed by atoms with Gasteiger partial charge in [0.2, 0.25) is 0 Å². The number of hydrogen-bond acceptors (Lipinski definition) is 4. The highest BCUT2D eigenvalue weighted by molar-refractivity contribution is 7.97. The second-order valence-corrected chi connectivity index (χ2v) is 8.20. The van der Waals surface area contributed by atoms with Crippen LogP contribution in [0.2, 0.25) is 5.02 Å². The maximum absolute atomic E-state index is 6.16. The van der Waals surface area contributed by atoms with Crippen LogP contribution in [0, 0.1) is 6.92 Å². The van der Waals surface area contributed by atoms with Gasteiger partial charge in [0.1, 0.15) is 0 Å². The molecule has 0 fully saturated rings. The van der Waals surface area contributed by atoms with Gasteiger partial charge in [0.15, 0.2) is 0 Å². The summed E-state index contributed by atoms with van der Waals surface area (Å²) in [5.41, 5.74) is 3.97. The molecular weight excluding hydrogens is 350 g/mol. The van der Waals surface area contributed by atoms with Crippen LogP contribution < -0.4 is 0 Å². The average Bonchev–Trinajstić information content (AvgIpc) is 3.16. The largest absolute Gasteiger partial charge is 0.238 e. The van der Waals surface area contributed by atoms with Crippen LogP contribution in [0.5, 0.6) is 0 Å². The fourth-order valence-electron chi connectivity index (χ4n) is 2.10. The molecule has 22 heavy (non-hydrogen) atoms. The van der Waals surface area contributed by atoms with Gasteiger partial charge in [-0.3, -0.25) is 0 Å². The van der Waals surface area contributed by atoms with Gasteiger partial charge in [0.25, 0.3) is 0 Å². The summed E-state index contributed by atoms with van der Waals surface area (Å²) < 4.78 is 2.39. The molecule has 0 radical (unpaired) electrons. The summed E-state index contributed by atoms with van der Waals surface area (Å²) in [5.74, 6) is 0. The Labute approximate surface area is 148 Å². The SMILES string of the molecule is Cc1ccc(Cl)cc1SN(Cc1ccsc1)Cc1ccsc1. The van der Waals surface area contributed by atoms with Gasteiger partial charge < -0.3 is 0 Å². The molecule has 3 aromatic rings. The van der Waals surface area contributed by atoms with E-state index < -0.39 is 0 Å². The Balaban J connectivity index is 1.79. The first-order valence-corrected chi connectivity index (χ1v) is 9.95. The minimum Gasteiger partial charge on any atom is -0.238 e. The molecule has 3 rings (SSSR count). The number of benzene rings is 1. The van der Waals surface area contributed by atoms with Gasteiger partial charge in [-0.05, 0) is 81.3 Å². The molecule has 5 heteroatoms. The van der Waals surface area contributed by atoms with Crippen molar-refractivity contribution >= 4 is 46.2 Å². The Morgan fingerprint density at radius 3 is 2.18 bits per heavy atom. The molecule has 114 valence electrons. The van der Waals surface area contributed by atoms with E-state index in [1.54, 1.807) is 34.6 Å². The van der Waals surface area contributed by atoms with Gasteiger partial charge in [0.05, 0.1) is 0 Å². The van der Waals surface area contributed by atoms with E-state index >= 15 is 0 Å². The van der Waals surface area contributed by atoms with Crippen LogP contribution in [0.1, 0.15) is 16.7 Å². The Morgan fingerprint density at radius 1 is 1.00 bits per heavy atom. The number of hydrogen-bond donors (Lipinski definition) is 0. The predicted molar refractivity (Wildman–Crippen MR) is 99.9 cm³/mol. The van der Waals surface area contributed by atoms with Gasteiger partial charge in [0, 0.05) is 23.0 Å². The zero-order chi connectivity index (χ0) is 15.4. The van der Waals surface area contributed by atoms with Crippen LogP contribution >= 0.6 is 46.2 Å². The highest BCUT2D eigenvalue weighted by Gasteiger charge is 2.12. The highest BCUT2D eigenvalue weighted by Crippen LogP contribution is 2.31. The molecule has 0 saturated carbocycles. The topological polar surface area (TPSA) is 3.24 Å². The third-order valence-electron chi connectivity index (χ3n) is 3.26. The standard InChI is InChI=1S/C17H16ClNS3/c1-13-2-3-16(18)8-17(13)22-19(9-14-4-6-20-11-14)10-15-5-7-21-12-15/h2-8,11-12H,9-10H2,1H3. The smallest absolute Gasteiger partial charge is 0.0417 e. The van der Waals surface area contributed by atoms with E-state index in [2.05, 4.69) is 57.0 Å². The number of aryl methyl sites for hydroxylation is 1. The molecule has 1 nitrogen and oxygen atoms in total. The van der Waals surface area contributed by atoms with Gasteiger partial charge in [-0.25, -0.2) is 4.31 Å². The predicted octanol–water partition coefficient (Wildman–Crippen LogP) is 6.48. The summed E-state index contributed by atoms with van der Waals surface area (Å²) in [6.45, 7) is 3.98. The molecule has 2 aromatic heterocycles. The van der Waals surface area contributed by atoms with Crippen molar-refractivity contribution in [2.75, 3.05) is 0 Å². The minimum absolute atomic E-state index is 0.791. The number of nitrogens with zero attached hydrogens (tertiary/aromatic N) is 1. The molecule has 0 amide bonds. The number of rotatable bonds is 6. The van der Waals surface area contributed by atoms with Crippen molar-refractivity contribution in [1.82, 2.24) is 4.31 Å². The molecule has 0 aliphatic carbocycles. The van der Waals surface area contributed by atoms with Crippen molar-refractivity contribution in [2.45, 2.75) is 24.9 Å². The summed E-state index contributed by atoms with van der Waals surface area (Å²) >= 11 is 11.4. The molecule has 0 unspecified atom stereocenters. The Hall–Kier alpha value is -0.780. The minimum atomic E-state index is 0.791. The van der Waals surface area contributed by atoms with Crippen molar-refractivity contribution in [3.8, 4) is 0 Å². The lowest BCUT2D eigenvalue weighted by Gasteiger charge is -2.21. The van der Waals surface area contributed by atoms with E-state index in [0.717, 1.165) is 18.1 Å². The van der Waals surface area contributed by atoms with E-state index in [1.165, 1.54) is 21.6 Å². The molecule has 1 aromatic carbocycles.